The van der Waals surface area contributed by atoms with E-state index in [0.717, 1.165) is 34.2 Å². The Balaban J connectivity index is 1.60. The predicted octanol–water partition coefficient (Wildman–Crippen LogP) is 4.32. The van der Waals surface area contributed by atoms with Gasteiger partial charge in [-0.25, -0.2) is 4.98 Å². The largest absolute Gasteiger partial charge is 0.454 e. The van der Waals surface area contributed by atoms with Crippen LogP contribution in [-0.2, 0) is 11.2 Å². The standard InChI is InChI=1S/C20H26N2O3S/c1-12(2)9-16(20-21-13(3)14(4)26-20)22-19(23)8-6-15-5-7-17-18(10-15)25-11-24-17/h5,7,10,12,16H,6,8-9,11H2,1-4H3,(H,22,23). The van der Waals surface area contributed by atoms with E-state index in [1.807, 2.05) is 25.1 Å². The van der Waals surface area contributed by atoms with Crippen molar-refractivity contribution in [3.63, 3.8) is 0 Å². The van der Waals surface area contributed by atoms with Crippen LogP contribution < -0.4 is 14.8 Å². The molecule has 1 unspecified atom stereocenters. The van der Waals surface area contributed by atoms with Crippen LogP contribution in [-0.4, -0.2) is 17.7 Å². The van der Waals surface area contributed by atoms with E-state index in [-0.39, 0.29) is 18.7 Å². The second-order valence-electron chi connectivity index (χ2n) is 7.13. The Morgan fingerprint density at radius 3 is 2.73 bits per heavy atom. The van der Waals surface area contributed by atoms with Crippen LogP contribution >= 0.6 is 11.3 Å². The topological polar surface area (TPSA) is 60.5 Å². The highest BCUT2D eigenvalue weighted by Gasteiger charge is 2.20. The SMILES string of the molecule is Cc1nc(C(CC(C)C)NC(=O)CCc2ccc3c(c2)OCO3)sc1C. The number of carbonyl (C=O) groups excluding carboxylic acids is 1. The molecule has 0 saturated heterocycles. The van der Waals surface area contributed by atoms with Crippen molar-refractivity contribution in [2.75, 3.05) is 6.79 Å². The Bertz CT molecular complexity index is 766. The van der Waals surface area contributed by atoms with Crippen LogP contribution in [0.4, 0.5) is 0 Å². The maximum Gasteiger partial charge on any atom is 0.231 e. The fourth-order valence-corrected chi connectivity index (χ4v) is 3.95. The van der Waals surface area contributed by atoms with Crippen molar-refractivity contribution in [2.45, 2.75) is 53.0 Å². The van der Waals surface area contributed by atoms with E-state index in [4.69, 9.17) is 9.47 Å². The maximum absolute atomic E-state index is 12.5. The minimum atomic E-state index is -0.0170. The van der Waals surface area contributed by atoms with Crippen LogP contribution in [0, 0.1) is 19.8 Å². The third-order valence-corrected chi connectivity index (χ3v) is 5.65. The first-order chi connectivity index (χ1) is 12.4. The highest BCUT2D eigenvalue weighted by Crippen LogP contribution is 2.33. The summed E-state index contributed by atoms with van der Waals surface area (Å²) in [6.07, 6.45) is 2.01. The number of fused-ring (bicyclic) bond motifs is 1. The fraction of sp³-hybridized carbons (Fsp3) is 0.500. The zero-order chi connectivity index (χ0) is 18.7. The van der Waals surface area contributed by atoms with Crippen LogP contribution in [0.1, 0.15) is 53.9 Å². The zero-order valence-corrected chi connectivity index (χ0v) is 16.6. The van der Waals surface area contributed by atoms with E-state index in [9.17, 15) is 4.79 Å². The molecule has 0 fully saturated rings. The minimum Gasteiger partial charge on any atom is -0.454 e. The van der Waals surface area contributed by atoms with Gasteiger partial charge in [0, 0.05) is 11.3 Å². The Hall–Kier alpha value is -2.08. The molecule has 2 heterocycles. The summed E-state index contributed by atoms with van der Waals surface area (Å²) in [7, 11) is 0. The van der Waals surface area contributed by atoms with Crippen LogP contribution in [0.15, 0.2) is 18.2 Å². The molecule has 1 atom stereocenters. The molecule has 0 aliphatic carbocycles. The lowest BCUT2D eigenvalue weighted by Crippen LogP contribution is -2.29. The van der Waals surface area contributed by atoms with Gasteiger partial charge in [-0.3, -0.25) is 4.79 Å². The lowest BCUT2D eigenvalue weighted by atomic mass is 10.0. The third kappa shape index (κ3) is 4.55. The van der Waals surface area contributed by atoms with Crippen molar-refractivity contribution < 1.29 is 14.3 Å². The first kappa shape index (κ1) is 18.7. The van der Waals surface area contributed by atoms with Gasteiger partial charge >= 0.3 is 0 Å². The molecule has 5 nitrogen and oxygen atoms in total. The van der Waals surface area contributed by atoms with Crippen LogP contribution in [0.2, 0.25) is 0 Å². The molecule has 0 radical (unpaired) electrons. The molecule has 1 aliphatic heterocycles. The number of ether oxygens (including phenoxy) is 2. The molecule has 1 aromatic heterocycles. The summed E-state index contributed by atoms with van der Waals surface area (Å²) in [6.45, 7) is 8.69. The lowest BCUT2D eigenvalue weighted by Gasteiger charge is -2.18. The Morgan fingerprint density at radius 2 is 2.04 bits per heavy atom. The molecule has 2 aromatic rings. The average molecular weight is 375 g/mol. The van der Waals surface area contributed by atoms with Gasteiger partial charge in [-0.15, -0.1) is 11.3 Å². The molecule has 1 aliphatic rings. The number of aromatic nitrogens is 1. The van der Waals surface area contributed by atoms with Crippen LogP contribution in [0.25, 0.3) is 0 Å². The monoisotopic (exact) mass is 374 g/mol. The van der Waals surface area contributed by atoms with Crippen LogP contribution in [0.5, 0.6) is 11.5 Å². The minimum absolute atomic E-state index is 0.0170. The van der Waals surface area contributed by atoms with E-state index in [0.29, 0.717) is 18.8 Å². The summed E-state index contributed by atoms with van der Waals surface area (Å²) in [5, 5.41) is 4.19. The molecule has 1 amide bonds. The van der Waals surface area contributed by atoms with Crippen molar-refractivity contribution in [3.05, 3.63) is 39.3 Å². The van der Waals surface area contributed by atoms with Gasteiger partial charge in [0.1, 0.15) is 5.01 Å². The normalized spacial score (nSPS) is 13.9. The Labute approximate surface area is 158 Å². The fourth-order valence-electron chi connectivity index (χ4n) is 2.96. The van der Waals surface area contributed by atoms with Crippen molar-refractivity contribution in [1.29, 1.82) is 0 Å². The number of nitrogens with one attached hydrogen (secondary N) is 1. The molecular formula is C20H26N2O3S. The quantitative estimate of drug-likeness (QED) is 0.784. The van der Waals surface area contributed by atoms with Crippen molar-refractivity contribution >= 4 is 17.2 Å². The molecule has 26 heavy (non-hydrogen) atoms. The molecule has 0 bridgehead atoms. The molecule has 6 heteroatoms. The highest BCUT2D eigenvalue weighted by atomic mass is 32.1. The number of rotatable bonds is 7. The maximum atomic E-state index is 12.5. The molecule has 0 spiro atoms. The lowest BCUT2D eigenvalue weighted by molar-refractivity contribution is -0.121. The van der Waals surface area contributed by atoms with Gasteiger partial charge in [0.15, 0.2) is 11.5 Å². The predicted molar refractivity (Wildman–Crippen MR) is 103 cm³/mol. The number of thiazole rings is 1. The van der Waals surface area contributed by atoms with Crippen molar-refractivity contribution in [1.82, 2.24) is 10.3 Å². The summed E-state index contributed by atoms with van der Waals surface area (Å²) >= 11 is 1.68. The molecule has 140 valence electrons. The van der Waals surface area contributed by atoms with E-state index in [1.165, 1.54) is 4.88 Å². The first-order valence-electron chi connectivity index (χ1n) is 9.04. The van der Waals surface area contributed by atoms with Gasteiger partial charge in [0.25, 0.3) is 0 Å². The van der Waals surface area contributed by atoms with E-state index in [1.54, 1.807) is 11.3 Å². The smallest absolute Gasteiger partial charge is 0.231 e. The Kier molecular flexibility index (Phi) is 5.81. The molecule has 1 N–H and O–H groups in total. The van der Waals surface area contributed by atoms with Crippen molar-refractivity contribution in [3.8, 4) is 11.5 Å². The molecule has 1 aromatic carbocycles. The van der Waals surface area contributed by atoms with Crippen LogP contribution in [0.3, 0.4) is 0 Å². The van der Waals surface area contributed by atoms with E-state index >= 15 is 0 Å². The van der Waals surface area contributed by atoms with Gasteiger partial charge in [-0.1, -0.05) is 19.9 Å². The van der Waals surface area contributed by atoms with Gasteiger partial charge in [-0.2, -0.15) is 0 Å². The first-order valence-corrected chi connectivity index (χ1v) is 9.86. The molecule has 3 rings (SSSR count). The van der Waals surface area contributed by atoms with E-state index < -0.39 is 0 Å². The number of hydrogen-bond donors (Lipinski definition) is 1. The third-order valence-electron chi connectivity index (χ3n) is 4.46. The van der Waals surface area contributed by atoms with Gasteiger partial charge in [-0.05, 0) is 50.3 Å². The Morgan fingerprint density at radius 1 is 1.27 bits per heavy atom. The van der Waals surface area contributed by atoms with Gasteiger partial charge < -0.3 is 14.8 Å². The van der Waals surface area contributed by atoms with Gasteiger partial charge in [0.2, 0.25) is 12.7 Å². The molecule has 0 saturated carbocycles. The van der Waals surface area contributed by atoms with Gasteiger partial charge in [0.05, 0.1) is 11.7 Å². The number of carbonyl (C=O) groups is 1. The summed E-state index contributed by atoms with van der Waals surface area (Å²) in [6, 6.07) is 5.82. The summed E-state index contributed by atoms with van der Waals surface area (Å²) < 4.78 is 10.7. The number of amides is 1. The number of aryl methyl sites for hydroxylation is 3. The number of nitrogens with zero attached hydrogens (tertiary/aromatic N) is 1. The van der Waals surface area contributed by atoms with Crippen molar-refractivity contribution in [2.24, 2.45) is 5.92 Å². The number of hydrogen-bond acceptors (Lipinski definition) is 5. The second kappa shape index (κ2) is 8.08. The average Bonchev–Trinajstić information content (AvgIpc) is 3.18. The zero-order valence-electron chi connectivity index (χ0n) is 15.8. The summed E-state index contributed by atoms with van der Waals surface area (Å²) in [5.41, 5.74) is 2.12. The van der Waals surface area contributed by atoms with E-state index in [2.05, 4.69) is 31.1 Å². The second-order valence-corrected chi connectivity index (χ2v) is 8.37. The summed E-state index contributed by atoms with van der Waals surface area (Å²) in [5.74, 6) is 2.07. The highest BCUT2D eigenvalue weighted by molar-refractivity contribution is 7.11. The molecular weight excluding hydrogens is 348 g/mol. The number of benzene rings is 1. The summed E-state index contributed by atoms with van der Waals surface area (Å²) in [4.78, 5) is 18.4.